The lowest BCUT2D eigenvalue weighted by molar-refractivity contribution is 0.00706. The van der Waals surface area contributed by atoms with Crippen molar-refractivity contribution in [3.63, 3.8) is 0 Å². The number of halogens is 3. The molecule has 3 fully saturated rings. The number of hydrogen-bond acceptors (Lipinski definition) is 9. The molecular formula is C25H25ClF2N4O7. The Balaban J connectivity index is 1.12. The summed E-state index contributed by atoms with van der Waals surface area (Å²) in [5.74, 6) is -2.52. The molecule has 1 amide bonds. The van der Waals surface area contributed by atoms with E-state index in [0.29, 0.717) is 31.6 Å². The van der Waals surface area contributed by atoms with Gasteiger partial charge in [0.1, 0.15) is 41.6 Å². The molecule has 3 saturated heterocycles. The fourth-order valence-electron chi connectivity index (χ4n) is 4.85. The van der Waals surface area contributed by atoms with E-state index in [1.54, 1.807) is 0 Å². The highest BCUT2D eigenvalue weighted by Gasteiger charge is 2.48. The van der Waals surface area contributed by atoms with Gasteiger partial charge in [0, 0.05) is 24.8 Å². The number of ether oxygens (including phenoxy) is 5. The number of aliphatic hydroxyl groups is 1. The lowest BCUT2D eigenvalue weighted by Gasteiger charge is -2.23. The van der Waals surface area contributed by atoms with E-state index in [0.717, 1.165) is 12.1 Å². The molecule has 6 rings (SSSR count). The van der Waals surface area contributed by atoms with E-state index in [1.165, 1.54) is 6.07 Å². The Morgan fingerprint density at radius 2 is 1.87 bits per heavy atom. The van der Waals surface area contributed by atoms with Crippen LogP contribution in [0.1, 0.15) is 28.8 Å². The molecule has 14 heteroatoms. The van der Waals surface area contributed by atoms with E-state index < -0.39 is 48.6 Å². The first-order chi connectivity index (χ1) is 18.9. The van der Waals surface area contributed by atoms with Crippen molar-refractivity contribution in [2.24, 2.45) is 0 Å². The molecular weight excluding hydrogens is 542 g/mol. The summed E-state index contributed by atoms with van der Waals surface area (Å²) < 4.78 is 57.3. The number of carbonyl (C=O) groups is 1. The van der Waals surface area contributed by atoms with Crippen molar-refractivity contribution < 1.29 is 42.4 Å². The van der Waals surface area contributed by atoms with Crippen LogP contribution in [0.3, 0.4) is 0 Å². The minimum Gasteiger partial charge on any atom is -0.471 e. The van der Waals surface area contributed by atoms with Crippen molar-refractivity contribution in [1.29, 1.82) is 0 Å². The number of amides is 1. The normalized spacial score (nSPS) is 25.1. The maximum Gasteiger partial charge on any atom is 0.296 e. The minimum absolute atomic E-state index is 0.0810. The van der Waals surface area contributed by atoms with Gasteiger partial charge in [-0.3, -0.25) is 4.79 Å². The Labute approximate surface area is 225 Å². The molecule has 208 valence electrons. The average molecular weight is 567 g/mol. The van der Waals surface area contributed by atoms with Gasteiger partial charge in [0.2, 0.25) is 5.88 Å². The second-order valence-corrected chi connectivity index (χ2v) is 9.98. The highest BCUT2D eigenvalue weighted by atomic mass is 35.5. The van der Waals surface area contributed by atoms with Crippen molar-refractivity contribution in [3.05, 3.63) is 46.0 Å². The second-order valence-electron chi connectivity index (χ2n) is 9.58. The highest BCUT2D eigenvalue weighted by molar-refractivity contribution is 6.32. The SMILES string of the molecule is O=C(NC1CCOCC1)c1cc(F)c(COc2nc3nc(O[C@@H]4COC5C4OC[C@H]5O)[nH]c3cc2Cl)c(F)c1. The first-order valence-corrected chi connectivity index (χ1v) is 12.9. The predicted molar refractivity (Wildman–Crippen MR) is 131 cm³/mol. The van der Waals surface area contributed by atoms with Gasteiger partial charge in [-0.1, -0.05) is 11.6 Å². The molecule has 0 aliphatic carbocycles. The van der Waals surface area contributed by atoms with Crippen LogP contribution in [0.15, 0.2) is 18.2 Å². The van der Waals surface area contributed by atoms with Crippen LogP contribution in [0, 0.1) is 11.6 Å². The smallest absolute Gasteiger partial charge is 0.296 e. The van der Waals surface area contributed by atoms with Gasteiger partial charge in [-0.2, -0.15) is 9.97 Å². The van der Waals surface area contributed by atoms with Crippen molar-refractivity contribution >= 4 is 28.7 Å². The zero-order valence-electron chi connectivity index (χ0n) is 20.5. The minimum atomic E-state index is -0.934. The topological polar surface area (TPSA) is 137 Å². The Bertz CT molecular complexity index is 1360. The van der Waals surface area contributed by atoms with E-state index >= 15 is 0 Å². The van der Waals surface area contributed by atoms with Crippen LogP contribution in [0.4, 0.5) is 8.78 Å². The van der Waals surface area contributed by atoms with Gasteiger partial charge < -0.3 is 39.1 Å². The predicted octanol–water partition coefficient (Wildman–Crippen LogP) is 2.28. The van der Waals surface area contributed by atoms with E-state index in [-0.39, 0.29) is 52.9 Å². The number of rotatable bonds is 7. The third-order valence-electron chi connectivity index (χ3n) is 6.93. The summed E-state index contributed by atoms with van der Waals surface area (Å²) in [5, 5.41) is 12.7. The molecule has 1 aromatic carbocycles. The van der Waals surface area contributed by atoms with Gasteiger partial charge in [-0.25, -0.2) is 8.78 Å². The van der Waals surface area contributed by atoms with Crippen LogP contribution >= 0.6 is 11.6 Å². The van der Waals surface area contributed by atoms with E-state index in [4.69, 9.17) is 35.3 Å². The Morgan fingerprint density at radius 3 is 2.64 bits per heavy atom. The van der Waals surface area contributed by atoms with Crippen LogP contribution in [0.2, 0.25) is 5.02 Å². The first-order valence-electron chi connectivity index (χ1n) is 12.5. The molecule has 0 radical (unpaired) electrons. The zero-order valence-corrected chi connectivity index (χ0v) is 21.2. The van der Waals surface area contributed by atoms with Gasteiger partial charge in [0.25, 0.3) is 11.9 Å². The molecule has 0 bridgehead atoms. The molecule has 3 N–H and O–H groups in total. The van der Waals surface area contributed by atoms with Gasteiger partial charge in [0.15, 0.2) is 11.8 Å². The highest BCUT2D eigenvalue weighted by Crippen LogP contribution is 2.31. The fourth-order valence-corrected chi connectivity index (χ4v) is 5.05. The maximum absolute atomic E-state index is 14.8. The van der Waals surface area contributed by atoms with Gasteiger partial charge >= 0.3 is 0 Å². The summed E-state index contributed by atoms with van der Waals surface area (Å²) in [5.41, 5.74) is 0.144. The monoisotopic (exact) mass is 566 g/mol. The van der Waals surface area contributed by atoms with Gasteiger partial charge in [-0.15, -0.1) is 0 Å². The van der Waals surface area contributed by atoms with E-state index in [2.05, 4.69) is 20.3 Å². The largest absolute Gasteiger partial charge is 0.471 e. The molecule has 0 spiro atoms. The Hall–Kier alpha value is -3.10. The molecule has 0 saturated carbocycles. The van der Waals surface area contributed by atoms with Crippen LogP contribution in [-0.4, -0.2) is 82.9 Å². The lowest BCUT2D eigenvalue weighted by atomic mass is 10.1. The van der Waals surface area contributed by atoms with Crippen LogP contribution in [0.5, 0.6) is 11.9 Å². The molecule has 4 atom stereocenters. The lowest BCUT2D eigenvalue weighted by Crippen LogP contribution is -2.39. The number of nitrogens with zero attached hydrogens (tertiary/aromatic N) is 2. The molecule has 39 heavy (non-hydrogen) atoms. The average Bonchev–Trinajstić information content (AvgIpc) is 3.60. The number of H-pyrrole nitrogens is 1. The molecule has 3 aromatic rings. The van der Waals surface area contributed by atoms with Crippen molar-refractivity contribution in [2.45, 2.75) is 49.9 Å². The van der Waals surface area contributed by atoms with E-state index in [9.17, 15) is 18.7 Å². The third kappa shape index (κ3) is 5.37. The number of aromatic nitrogens is 3. The second kappa shape index (κ2) is 10.8. The first kappa shape index (κ1) is 26.1. The van der Waals surface area contributed by atoms with Crippen LogP contribution in [-0.2, 0) is 20.8 Å². The number of benzene rings is 1. The van der Waals surface area contributed by atoms with Crippen LogP contribution < -0.4 is 14.8 Å². The Kier molecular flexibility index (Phi) is 7.25. The number of carbonyl (C=O) groups excluding carboxylic acids is 1. The summed E-state index contributed by atoms with van der Waals surface area (Å²) in [6, 6.07) is 3.46. The van der Waals surface area contributed by atoms with Crippen molar-refractivity contribution in [1.82, 2.24) is 20.3 Å². The molecule has 3 aliphatic heterocycles. The standard InChI is InChI=1S/C25H25ClF2N4O7/c26-14-7-17-22(32-25(30-17)39-19-10-37-20-18(33)9-36-21(19)20)31-24(14)38-8-13-15(27)5-11(6-16(13)28)23(34)29-12-1-3-35-4-2-12/h5-7,12,18-21,33H,1-4,8-10H2,(H,29,34)(H,30,31,32)/t18-,19-,20?,21?/m1/s1. The zero-order chi connectivity index (χ0) is 27.1. The van der Waals surface area contributed by atoms with E-state index in [1.807, 2.05) is 0 Å². The summed E-state index contributed by atoms with van der Waals surface area (Å²) in [6.45, 7) is 0.915. The maximum atomic E-state index is 14.8. The van der Waals surface area contributed by atoms with Gasteiger partial charge in [-0.05, 0) is 31.0 Å². The number of aromatic amines is 1. The number of aliphatic hydroxyl groups excluding tert-OH is 1. The molecule has 3 aliphatic rings. The number of imidazole rings is 1. The van der Waals surface area contributed by atoms with Gasteiger partial charge in [0.05, 0.1) is 24.3 Å². The van der Waals surface area contributed by atoms with Crippen LogP contribution in [0.25, 0.3) is 11.2 Å². The number of hydrogen-bond donors (Lipinski definition) is 3. The molecule has 2 aromatic heterocycles. The number of nitrogens with one attached hydrogen (secondary N) is 2. The van der Waals surface area contributed by atoms with Crippen molar-refractivity contribution in [2.75, 3.05) is 26.4 Å². The number of pyridine rings is 1. The summed E-state index contributed by atoms with van der Waals surface area (Å²) in [7, 11) is 0. The summed E-state index contributed by atoms with van der Waals surface area (Å²) in [6.07, 6.45) is -0.792. The number of fused-ring (bicyclic) bond motifs is 2. The molecule has 2 unspecified atom stereocenters. The fraction of sp³-hybridized carbons (Fsp3) is 0.480. The quantitative estimate of drug-likeness (QED) is 0.393. The Morgan fingerprint density at radius 1 is 1.13 bits per heavy atom. The molecule has 5 heterocycles. The third-order valence-corrected chi connectivity index (χ3v) is 7.20. The molecule has 11 nitrogen and oxygen atoms in total. The van der Waals surface area contributed by atoms with Crippen molar-refractivity contribution in [3.8, 4) is 11.9 Å². The summed E-state index contributed by atoms with van der Waals surface area (Å²) >= 11 is 6.28. The summed E-state index contributed by atoms with van der Waals surface area (Å²) in [4.78, 5) is 23.9.